The zero-order valence-corrected chi connectivity index (χ0v) is 18.4. The number of ether oxygens (including phenoxy) is 1. The van der Waals surface area contributed by atoms with Crippen LogP contribution in [0.1, 0.15) is 28.2 Å². The van der Waals surface area contributed by atoms with E-state index in [0.717, 1.165) is 33.8 Å². The molecule has 4 aromatic rings. The summed E-state index contributed by atoms with van der Waals surface area (Å²) >= 11 is 0. The molecular formula is C25H25FN4O2. The molecule has 0 bridgehead atoms. The molecule has 0 aliphatic rings. The number of methoxy groups -OCH3 is 1. The molecule has 32 heavy (non-hydrogen) atoms. The van der Waals surface area contributed by atoms with Crippen LogP contribution in [0, 0.1) is 19.7 Å². The van der Waals surface area contributed by atoms with Crippen LogP contribution in [-0.4, -0.2) is 27.1 Å². The summed E-state index contributed by atoms with van der Waals surface area (Å²) in [4.78, 5) is 13.6. The molecule has 0 aliphatic carbocycles. The van der Waals surface area contributed by atoms with E-state index in [2.05, 4.69) is 15.3 Å². The zero-order chi connectivity index (χ0) is 22.7. The van der Waals surface area contributed by atoms with Crippen LogP contribution in [0.3, 0.4) is 0 Å². The summed E-state index contributed by atoms with van der Waals surface area (Å²) in [5, 5.41) is 11.7. The quantitative estimate of drug-likeness (QED) is 0.474. The van der Waals surface area contributed by atoms with Gasteiger partial charge in [-0.15, -0.1) is 0 Å². The zero-order valence-electron chi connectivity index (χ0n) is 18.4. The van der Waals surface area contributed by atoms with Gasteiger partial charge < -0.3 is 4.74 Å². The summed E-state index contributed by atoms with van der Waals surface area (Å²) in [5.41, 5.74) is 5.22. The van der Waals surface area contributed by atoms with Crippen LogP contribution in [-0.2, 0) is 19.4 Å². The van der Waals surface area contributed by atoms with Crippen molar-refractivity contribution in [2.45, 2.75) is 33.2 Å². The molecule has 0 saturated heterocycles. The number of hydrogen-bond donors (Lipinski definition) is 1. The maximum absolute atomic E-state index is 13.7. The molecule has 7 heteroatoms. The summed E-state index contributed by atoms with van der Waals surface area (Å²) in [6.07, 6.45) is 0.971. The average Bonchev–Trinajstić information content (AvgIpc) is 3.19. The minimum Gasteiger partial charge on any atom is -0.496 e. The first-order valence-corrected chi connectivity index (χ1v) is 10.5. The van der Waals surface area contributed by atoms with E-state index in [9.17, 15) is 9.18 Å². The lowest BCUT2D eigenvalue weighted by molar-refractivity contribution is 0.416. The predicted octanol–water partition coefficient (Wildman–Crippen LogP) is 4.23. The molecule has 164 valence electrons. The van der Waals surface area contributed by atoms with Gasteiger partial charge in [0.25, 0.3) is 5.56 Å². The molecule has 0 amide bonds. The summed E-state index contributed by atoms with van der Waals surface area (Å²) in [7, 11) is 1.61. The summed E-state index contributed by atoms with van der Waals surface area (Å²) < 4.78 is 20.7. The van der Waals surface area contributed by atoms with Crippen LogP contribution < -0.4 is 10.3 Å². The number of halogens is 1. The van der Waals surface area contributed by atoms with Gasteiger partial charge in [0.05, 0.1) is 25.0 Å². The maximum Gasteiger partial charge on any atom is 0.270 e. The number of rotatable bonds is 7. The van der Waals surface area contributed by atoms with Crippen LogP contribution in [0.15, 0.2) is 59.4 Å². The Kier molecular flexibility index (Phi) is 6.16. The second kappa shape index (κ2) is 9.18. The van der Waals surface area contributed by atoms with Crippen LogP contribution in [0.2, 0.25) is 0 Å². The maximum atomic E-state index is 13.7. The number of H-pyrrole nitrogens is 1. The molecular weight excluding hydrogens is 407 g/mol. The number of aromatic nitrogens is 4. The first-order valence-electron chi connectivity index (χ1n) is 10.5. The Morgan fingerprint density at radius 2 is 1.88 bits per heavy atom. The summed E-state index contributed by atoms with van der Waals surface area (Å²) in [5.74, 6) is 0.383. The third-order valence-corrected chi connectivity index (χ3v) is 5.43. The van der Waals surface area contributed by atoms with E-state index < -0.39 is 0 Å². The minimum absolute atomic E-state index is 0.187. The van der Waals surface area contributed by atoms with E-state index in [1.807, 2.05) is 50.2 Å². The Morgan fingerprint density at radius 3 is 2.59 bits per heavy atom. The molecule has 2 aromatic heterocycles. The smallest absolute Gasteiger partial charge is 0.270 e. The number of nitrogens with zero attached hydrogens (tertiary/aromatic N) is 3. The Balaban J connectivity index is 1.82. The lowest BCUT2D eigenvalue weighted by Gasteiger charge is -2.17. The highest BCUT2D eigenvalue weighted by Crippen LogP contribution is 2.33. The van der Waals surface area contributed by atoms with Crippen molar-refractivity contribution in [3.05, 3.63) is 99.0 Å². The fourth-order valence-corrected chi connectivity index (χ4v) is 3.98. The Morgan fingerprint density at radius 1 is 1.06 bits per heavy atom. The summed E-state index contributed by atoms with van der Waals surface area (Å²) in [6.45, 7) is 4.07. The van der Waals surface area contributed by atoms with Crippen molar-refractivity contribution >= 4 is 0 Å². The van der Waals surface area contributed by atoms with Gasteiger partial charge in [-0.3, -0.25) is 9.89 Å². The van der Waals surface area contributed by atoms with Gasteiger partial charge in [-0.05, 0) is 56.5 Å². The SMILES string of the molecule is COc1ccccc1-c1c(C)nn(Cc2cc(C)[nH]n2)c(=O)c1CCc1cccc(F)c1. The molecule has 0 spiro atoms. The normalized spacial score (nSPS) is 11.0. The molecule has 2 heterocycles. The largest absolute Gasteiger partial charge is 0.496 e. The molecule has 0 saturated carbocycles. The van der Waals surface area contributed by atoms with Gasteiger partial charge in [0.1, 0.15) is 11.6 Å². The molecule has 0 unspecified atom stereocenters. The monoisotopic (exact) mass is 432 g/mol. The van der Waals surface area contributed by atoms with E-state index >= 15 is 0 Å². The van der Waals surface area contributed by atoms with Gasteiger partial charge >= 0.3 is 0 Å². The average molecular weight is 432 g/mol. The lowest BCUT2D eigenvalue weighted by atomic mass is 9.94. The van der Waals surface area contributed by atoms with Crippen LogP contribution in [0.25, 0.3) is 11.1 Å². The third-order valence-electron chi connectivity index (χ3n) is 5.43. The third kappa shape index (κ3) is 4.46. The number of para-hydroxylation sites is 1. The van der Waals surface area contributed by atoms with Gasteiger partial charge in [-0.1, -0.05) is 30.3 Å². The van der Waals surface area contributed by atoms with Crippen molar-refractivity contribution in [2.75, 3.05) is 7.11 Å². The van der Waals surface area contributed by atoms with E-state index in [1.54, 1.807) is 13.2 Å². The molecule has 0 radical (unpaired) electrons. The molecule has 0 atom stereocenters. The van der Waals surface area contributed by atoms with Crippen LogP contribution >= 0.6 is 0 Å². The van der Waals surface area contributed by atoms with Gasteiger partial charge in [-0.25, -0.2) is 9.07 Å². The van der Waals surface area contributed by atoms with E-state index in [-0.39, 0.29) is 17.9 Å². The fraction of sp³-hybridized carbons (Fsp3) is 0.240. The topological polar surface area (TPSA) is 72.8 Å². The number of hydrogen-bond acceptors (Lipinski definition) is 4. The van der Waals surface area contributed by atoms with E-state index in [4.69, 9.17) is 4.74 Å². The Bertz CT molecular complexity index is 1310. The first kappa shape index (κ1) is 21.5. The number of aryl methyl sites for hydroxylation is 3. The fourth-order valence-electron chi connectivity index (χ4n) is 3.98. The van der Waals surface area contributed by atoms with Gasteiger partial charge in [0, 0.05) is 22.4 Å². The van der Waals surface area contributed by atoms with E-state index in [1.165, 1.54) is 16.8 Å². The van der Waals surface area contributed by atoms with Crippen molar-refractivity contribution in [3.63, 3.8) is 0 Å². The van der Waals surface area contributed by atoms with Gasteiger partial charge in [0.2, 0.25) is 0 Å². The number of aromatic amines is 1. The lowest BCUT2D eigenvalue weighted by Crippen LogP contribution is -2.29. The Labute approximate surface area is 185 Å². The van der Waals surface area contributed by atoms with Crippen molar-refractivity contribution < 1.29 is 9.13 Å². The standard InChI is InChI=1S/C25H25FN4O2/c1-16-13-20(28-27-16)15-30-25(31)22(12-11-18-7-6-8-19(26)14-18)24(17(2)29-30)21-9-4-5-10-23(21)32-3/h4-10,13-14H,11-12,15H2,1-3H3,(H,27,28). The molecule has 0 fully saturated rings. The van der Waals surface area contributed by atoms with E-state index in [0.29, 0.717) is 24.2 Å². The predicted molar refractivity (Wildman–Crippen MR) is 121 cm³/mol. The highest BCUT2D eigenvalue weighted by atomic mass is 19.1. The number of benzene rings is 2. The number of nitrogens with one attached hydrogen (secondary N) is 1. The second-order valence-corrected chi connectivity index (χ2v) is 7.77. The van der Waals surface area contributed by atoms with Crippen LogP contribution in [0.4, 0.5) is 4.39 Å². The first-order chi connectivity index (χ1) is 15.5. The molecule has 2 aromatic carbocycles. The molecule has 1 N–H and O–H groups in total. The van der Waals surface area contributed by atoms with Crippen molar-refractivity contribution in [3.8, 4) is 16.9 Å². The van der Waals surface area contributed by atoms with Crippen molar-refractivity contribution in [2.24, 2.45) is 0 Å². The Hall–Kier alpha value is -3.74. The molecule has 6 nitrogen and oxygen atoms in total. The second-order valence-electron chi connectivity index (χ2n) is 7.77. The molecule has 0 aliphatic heterocycles. The van der Waals surface area contributed by atoms with Gasteiger partial charge in [0.15, 0.2) is 0 Å². The summed E-state index contributed by atoms with van der Waals surface area (Å²) in [6, 6.07) is 15.9. The highest BCUT2D eigenvalue weighted by Gasteiger charge is 2.20. The molecule has 4 rings (SSSR count). The highest BCUT2D eigenvalue weighted by molar-refractivity contribution is 5.75. The van der Waals surface area contributed by atoms with Crippen LogP contribution in [0.5, 0.6) is 5.75 Å². The van der Waals surface area contributed by atoms with Crippen molar-refractivity contribution in [1.82, 2.24) is 20.0 Å². The minimum atomic E-state index is -0.287. The van der Waals surface area contributed by atoms with Gasteiger partial charge in [-0.2, -0.15) is 10.2 Å². The van der Waals surface area contributed by atoms with Crippen molar-refractivity contribution in [1.29, 1.82) is 0 Å².